The molecule has 3 aromatic rings. The molecule has 5 heteroatoms. The van der Waals surface area contributed by atoms with Gasteiger partial charge in [0.25, 0.3) is 0 Å². The second-order valence-corrected chi connectivity index (χ2v) is 8.90. The summed E-state index contributed by atoms with van der Waals surface area (Å²) in [7, 11) is -3.49. The zero-order valence-corrected chi connectivity index (χ0v) is 16.6. The van der Waals surface area contributed by atoms with Crippen LogP contribution < -0.4 is 0 Å². The van der Waals surface area contributed by atoms with Gasteiger partial charge in [-0.15, -0.1) is 0 Å². The first-order valence-electron chi connectivity index (χ1n) is 9.56. The highest BCUT2D eigenvalue weighted by Gasteiger charge is 2.29. The molecule has 0 saturated carbocycles. The molecule has 0 bridgehead atoms. The van der Waals surface area contributed by atoms with E-state index in [1.54, 1.807) is 10.4 Å². The average molecular weight is 393 g/mol. The van der Waals surface area contributed by atoms with Gasteiger partial charge in [-0.3, -0.25) is 4.90 Å². The van der Waals surface area contributed by atoms with E-state index in [0.717, 1.165) is 30.4 Å². The number of piperazine rings is 1. The molecule has 1 heterocycles. The van der Waals surface area contributed by atoms with E-state index >= 15 is 0 Å². The highest BCUT2D eigenvalue weighted by atomic mass is 32.2. The number of rotatable bonds is 5. The third-order valence-electron chi connectivity index (χ3n) is 5.17. The van der Waals surface area contributed by atoms with E-state index in [1.165, 1.54) is 5.56 Å². The average Bonchev–Trinajstić information content (AvgIpc) is 2.74. The molecule has 0 spiro atoms. The summed E-state index contributed by atoms with van der Waals surface area (Å²) < 4.78 is 28.0. The molecule has 1 aliphatic rings. The van der Waals surface area contributed by atoms with E-state index in [1.807, 2.05) is 54.6 Å². The Morgan fingerprint density at radius 2 is 1.46 bits per heavy atom. The minimum absolute atomic E-state index is 0.406. The summed E-state index contributed by atoms with van der Waals surface area (Å²) in [5, 5.41) is 1.74. The number of hydrogen-bond donors (Lipinski definition) is 0. The molecule has 3 aromatic carbocycles. The SMILES string of the molecule is O=S(=O)(c1cccc2ccccc12)N1CCN(CC=Cc2ccccc2)CC1. The topological polar surface area (TPSA) is 40.6 Å². The van der Waals surface area contributed by atoms with E-state index in [9.17, 15) is 8.42 Å². The highest BCUT2D eigenvalue weighted by Crippen LogP contribution is 2.26. The summed E-state index contributed by atoms with van der Waals surface area (Å²) in [5.41, 5.74) is 1.18. The van der Waals surface area contributed by atoms with Crippen LogP contribution in [0.3, 0.4) is 0 Å². The zero-order valence-electron chi connectivity index (χ0n) is 15.7. The largest absolute Gasteiger partial charge is 0.297 e. The van der Waals surface area contributed by atoms with Gasteiger partial charge in [0.1, 0.15) is 0 Å². The van der Waals surface area contributed by atoms with E-state index in [4.69, 9.17) is 0 Å². The van der Waals surface area contributed by atoms with Crippen LogP contribution in [0.4, 0.5) is 0 Å². The zero-order chi connectivity index (χ0) is 19.4. The van der Waals surface area contributed by atoms with Crippen LogP contribution in [0.15, 0.2) is 83.8 Å². The van der Waals surface area contributed by atoms with Crippen LogP contribution in [-0.2, 0) is 10.0 Å². The normalized spacial score (nSPS) is 16.7. The number of nitrogens with zero attached hydrogens (tertiary/aromatic N) is 2. The van der Waals surface area contributed by atoms with Crippen LogP contribution in [0.1, 0.15) is 5.56 Å². The molecule has 0 aromatic heterocycles. The van der Waals surface area contributed by atoms with Crippen LogP contribution in [0, 0.1) is 0 Å². The highest BCUT2D eigenvalue weighted by molar-refractivity contribution is 7.89. The van der Waals surface area contributed by atoms with Gasteiger partial charge in [-0.2, -0.15) is 4.31 Å². The third kappa shape index (κ3) is 4.02. The molecule has 144 valence electrons. The third-order valence-corrected chi connectivity index (χ3v) is 7.13. The Bertz CT molecular complexity index is 1060. The Labute approximate surface area is 166 Å². The van der Waals surface area contributed by atoms with Crippen LogP contribution in [0.2, 0.25) is 0 Å². The van der Waals surface area contributed by atoms with Gasteiger partial charge in [0.05, 0.1) is 4.90 Å². The molecule has 0 unspecified atom stereocenters. The molecule has 0 atom stereocenters. The van der Waals surface area contributed by atoms with Crippen molar-refractivity contribution < 1.29 is 8.42 Å². The number of benzene rings is 3. The van der Waals surface area contributed by atoms with Crippen molar-refractivity contribution in [1.82, 2.24) is 9.21 Å². The maximum absolute atomic E-state index is 13.2. The first-order valence-corrected chi connectivity index (χ1v) is 11.0. The molecule has 0 amide bonds. The van der Waals surface area contributed by atoms with Gasteiger partial charge in [-0.1, -0.05) is 78.9 Å². The van der Waals surface area contributed by atoms with Crippen LogP contribution in [0.5, 0.6) is 0 Å². The van der Waals surface area contributed by atoms with E-state index in [2.05, 4.69) is 29.2 Å². The second-order valence-electron chi connectivity index (χ2n) is 7.00. The fraction of sp³-hybridized carbons (Fsp3) is 0.217. The number of hydrogen-bond acceptors (Lipinski definition) is 3. The van der Waals surface area contributed by atoms with E-state index in [0.29, 0.717) is 18.0 Å². The Balaban J connectivity index is 1.42. The van der Waals surface area contributed by atoms with Gasteiger partial charge in [-0.25, -0.2) is 8.42 Å². The molecule has 4 rings (SSSR count). The summed E-state index contributed by atoms with van der Waals surface area (Å²) in [6.45, 7) is 3.35. The van der Waals surface area contributed by atoms with Crippen LogP contribution >= 0.6 is 0 Å². The van der Waals surface area contributed by atoms with Gasteiger partial charge in [0, 0.05) is 38.1 Å². The summed E-state index contributed by atoms with van der Waals surface area (Å²) in [6.07, 6.45) is 4.25. The molecular formula is C23H24N2O2S. The van der Waals surface area contributed by atoms with Crippen molar-refractivity contribution in [2.45, 2.75) is 4.90 Å². The first kappa shape index (κ1) is 18.9. The minimum atomic E-state index is -3.49. The predicted octanol–water partition coefficient (Wildman–Crippen LogP) is 3.86. The lowest BCUT2D eigenvalue weighted by atomic mass is 10.1. The first-order chi connectivity index (χ1) is 13.6. The molecule has 1 saturated heterocycles. The van der Waals surface area contributed by atoms with Crippen molar-refractivity contribution in [2.24, 2.45) is 0 Å². The number of sulfonamides is 1. The molecule has 4 nitrogen and oxygen atoms in total. The standard InChI is InChI=1S/C23H24N2O2S/c26-28(27,23-14-6-12-21-11-4-5-13-22(21)23)25-18-16-24(17-19-25)15-7-10-20-8-2-1-3-9-20/h1-14H,15-19H2. The van der Waals surface area contributed by atoms with Gasteiger partial charge in [0.2, 0.25) is 10.0 Å². The lowest BCUT2D eigenvalue weighted by molar-refractivity contribution is 0.204. The van der Waals surface area contributed by atoms with Crippen molar-refractivity contribution >= 4 is 26.9 Å². The maximum Gasteiger partial charge on any atom is 0.243 e. The summed E-state index contributed by atoms with van der Waals surface area (Å²) in [6, 6.07) is 23.3. The molecule has 1 fully saturated rings. The van der Waals surface area contributed by atoms with Crippen molar-refractivity contribution in [3.05, 3.63) is 84.4 Å². The number of fused-ring (bicyclic) bond motifs is 1. The van der Waals surface area contributed by atoms with Gasteiger partial charge in [-0.05, 0) is 17.0 Å². The maximum atomic E-state index is 13.2. The lowest BCUT2D eigenvalue weighted by Crippen LogP contribution is -2.48. The van der Waals surface area contributed by atoms with Crippen molar-refractivity contribution in [3.8, 4) is 0 Å². The van der Waals surface area contributed by atoms with E-state index in [-0.39, 0.29) is 0 Å². The molecular weight excluding hydrogens is 368 g/mol. The molecule has 0 radical (unpaired) electrons. The molecule has 28 heavy (non-hydrogen) atoms. The monoisotopic (exact) mass is 392 g/mol. The fourth-order valence-corrected chi connectivity index (χ4v) is 5.25. The summed E-state index contributed by atoms with van der Waals surface area (Å²) >= 11 is 0. The van der Waals surface area contributed by atoms with Crippen molar-refractivity contribution in [2.75, 3.05) is 32.7 Å². The smallest absolute Gasteiger partial charge is 0.243 e. The fourth-order valence-electron chi connectivity index (χ4n) is 3.61. The Morgan fingerprint density at radius 3 is 2.25 bits per heavy atom. The van der Waals surface area contributed by atoms with Gasteiger partial charge in [0.15, 0.2) is 0 Å². The quantitative estimate of drug-likeness (QED) is 0.662. The van der Waals surface area contributed by atoms with E-state index < -0.39 is 10.0 Å². The van der Waals surface area contributed by atoms with Crippen molar-refractivity contribution in [1.29, 1.82) is 0 Å². The van der Waals surface area contributed by atoms with Crippen molar-refractivity contribution in [3.63, 3.8) is 0 Å². The van der Waals surface area contributed by atoms with Crippen LogP contribution in [0.25, 0.3) is 16.8 Å². The Hall–Kier alpha value is -2.47. The predicted molar refractivity (Wildman–Crippen MR) is 115 cm³/mol. The Morgan fingerprint density at radius 1 is 0.786 bits per heavy atom. The summed E-state index contributed by atoms with van der Waals surface area (Å²) in [5.74, 6) is 0. The Kier molecular flexibility index (Phi) is 5.57. The van der Waals surface area contributed by atoms with Crippen LogP contribution in [-0.4, -0.2) is 50.3 Å². The minimum Gasteiger partial charge on any atom is -0.297 e. The van der Waals surface area contributed by atoms with Gasteiger partial charge < -0.3 is 0 Å². The molecule has 0 N–H and O–H groups in total. The van der Waals surface area contributed by atoms with Gasteiger partial charge >= 0.3 is 0 Å². The lowest BCUT2D eigenvalue weighted by Gasteiger charge is -2.33. The second kappa shape index (κ2) is 8.27. The molecule has 0 aliphatic carbocycles. The summed E-state index contributed by atoms with van der Waals surface area (Å²) in [4.78, 5) is 2.69. The molecule has 1 aliphatic heterocycles.